The van der Waals surface area contributed by atoms with Crippen molar-refractivity contribution in [1.29, 1.82) is 0 Å². The van der Waals surface area contributed by atoms with Crippen LogP contribution in [0.5, 0.6) is 0 Å². The molecule has 4 aliphatic carbocycles. The zero-order valence-electron chi connectivity index (χ0n) is 16.9. The van der Waals surface area contributed by atoms with Gasteiger partial charge in [-0.25, -0.2) is 0 Å². The van der Waals surface area contributed by atoms with Gasteiger partial charge in [0.15, 0.2) is 0 Å². The van der Waals surface area contributed by atoms with E-state index in [1.807, 2.05) is 0 Å². The van der Waals surface area contributed by atoms with E-state index < -0.39 is 20.8 Å². The van der Waals surface area contributed by atoms with E-state index in [0.717, 1.165) is 23.7 Å². The van der Waals surface area contributed by atoms with Gasteiger partial charge in [0.05, 0.1) is 0 Å². The maximum atomic E-state index is 4.93. The quantitative estimate of drug-likeness (QED) is 0.367. The molecule has 2 fully saturated rings. The zero-order valence-corrected chi connectivity index (χ0v) is 20.9. The molecular formula is C25H32Cl2Zr. The molecule has 28 heavy (non-hydrogen) atoms. The van der Waals surface area contributed by atoms with Crippen molar-refractivity contribution >= 4 is 17.0 Å². The summed E-state index contributed by atoms with van der Waals surface area (Å²) in [5, 5.41) is 0. The van der Waals surface area contributed by atoms with Crippen molar-refractivity contribution in [3.8, 4) is 0 Å². The summed E-state index contributed by atoms with van der Waals surface area (Å²) in [6.07, 6.45) is 23.4. The molecular weight excluding hydrogens is 462 g/mol. The van der Waals surface area contributed by atoms with Crippen LogP contribution in [0.2, 0.25) is 0 Å². The summed E-state index contributed by atoms with van der Waals surface area (Å²) < 4.78 is 0. The van der Waals surface area contributed by atoms with E-state index >= 15 is 0 Å². The monoisotopic (exact) mass is 492 g/mol. The molecule has 5 rings (SSSR count). The second-order valence-corrected chi connectivity index (χ2v) is 12.3. The van der Waals surface area contributed by atoms with E-state index in [0.29, 0.717) is 5.41 Å². The molecule has 150 valence electrons. The summed E-state index contributed by atoms with van der Waals surface area (Å²) in [5.74, 6) is 3.22. The van der Waals surface area contributed by atoms with Crippen LogP contribution in [0.15, 0.2) is 48.6 Å². The number of allylic oxidation sites excluding steroid dienone is 4. The van der Waals surface area contributed by atoms with E-state index in [-0.39, 0.29) is 7.43 Å². The van der Waals surface area contributed by atoms with E-state index in [4.69, 9.17) is 17.0 Å². The number of benzene rings is 1. The van der Waals surface area contributed by atoms with Crippen molar-refractivity contribution in [1.82, 2.24) is 0 Å². The van der Waals surface area contributed by atoms with Crippen LogP contribution in [0.1, 0.15) is 56.1 Å². The van der Waals surface area contributed by atoms with Gasteiger partial charge in [0.25, 0.3) is 0 Å². The Kier molecular flexibility index (Phi) is 8.53. The molecule has 5 atom stereocenters. The third-order valence-electron chi connectivity index (χ3n) is 7.62. The first-order valence-corrected chi connectivity index (χ1v) is 16.9. The minimum absolute atomic E-state index is 0. The third kappa shape index (κ3) is 4.15. The van der Waals surface area contributed by atoms with Crippen molar-refractivity contribution < 1.29 is 20.8 Å². The SMILES string of the molecule is C1=CC2CCC([C@@]3(C4[CH-]CCC4)CCCc4ccccc43)C2C=C1.[CH3-].[Cl][Zr+2][Cl]. The summed E-state index contributed by atoms with van der Waals surface area (Å²) >= 11 is -0.826. The molecule has 3 heteroatoms. The van der Waals surface area contributed by atoms with Gasteiger partial charge in [-0.3, -0.25) is 0 Å². The predicted octanol–water partition coefficient (Wildman–Crippen LogP) is 7.86. The Labute approximate surface area is 190 Å². The molecule has 2 saturated carbocycles. The molecule has 0 bridgehead atoms. The van der Waals surface area contributed by atoms with Crippen molar-refractivity contribution in [2.45, 2.75) is 56.8 Å². The Morgan fingerprint density at radius 3 is 2.57 bits per heavy atom. The fourth-order valence-electron chi connectivity index (χ4n) is 6.74. The summed E-state index contributed by atoms with van der Waals surface area (Å²) in [7, 11) is 9.87. The predicted molar refractivity (Wildman–Crippen MR) is 119 cm³/mol. The summed E-state index contributed by atoms with van der Waals surface area (Å²) in [4.78, 5) is 0. The topological polar surface area (TPSA) is 0 Å². The number of fused-ring (bicyclic) bond motifs is 2. The summed E-state index contributed by atoms with van der Waals surface area (Å²) in [6.45, 7) is 0. The molecule has 4 unspecified atom stereocenters. The Morgan fingerprint density at radius 2 is 1.79 bits per heavy atom. The molecule has 0 amide bonds. The number of aryl methyl sites for hydroxylation is 1. The molecule has 4 aliphatic rings. The Balaban J connectivity index is 0.000000531. The molecule has 1 aromatic rings. The molecule has 0 spiro atoms. The van der Waals surface area contributed by atoms with Gasteiger partial charge in [0, 0.05) is 0 Å². The van der Waals surface area contributed by atoms with Crippen LogP contribution in [0.3, 0.4) is 0 Å². The molecule has 0 aliphatic heterocycles. The van der Waals surface area contributed by atoms with E-state index in [1.165, 1.54) is 51.4 Å². The Morgan fingerprint density at radius 1 is 1.00 bits per heavy atom. The molecule has 1 aromatic carbocycles. The van der Waals surface area contributed by atoms with Gasteiger partial charge >= 0.3 is 37.9 Å². The van der Waals surface area contributed by atoms with Gasteiger partial charge in [0.1, 0.15) is 0 Å². The third-order valence-corrected chi connectivity index (χ3v) is 7.62. The van der Waals surface area contributed by atoms with Gasteiger partial charge < -0.3 is 13.8 Å². The van der Waals surface area contributed by atoms with Crippen LogP contribution in [0.25, 0.3) is 0 Å². The van der Waals surface area contributed by atoms with Crippen LogP contribution in [0.4, 0.5) is 0 Å². The van der Waals surface area contributed by atoms with E-state index in [9.17, 15) is 0 Å². The van der Waals surface area contributed by atoms with Gasteiger partial charge in [-0.15, -0.1) is 0 Å². The van der Waals surface area contributed by atoms with Crippen LogP contribution in [0, 0.1) is 37.5 Å². The summed E-state index contributed by atoms with van der Waals surface area (Å²) in [5.41, 5.74) is 3.80. The van der Waals surface area contributed by atoms with Crippen LogP contribution in [-0.4, -0.2) is 0 Å². The zero-order chi connectivity index (χ0) is 18.7. The van der Waals surface area contributed by atoms with E-state index in [1.54, 1.807) is 11.1 Å². The minimum atomic E-state index is -0.826. The van der Waals surface area contributed by atoms with E-state index in [2.05, 4.69) is 55.0 Å². The van der Waals surface area contributed by atoms with Crippen molar-refractivity contribution in [2.24, 2.45) is 23.7 Å². The van der Waals surface area contributed by atoms with Crippen molar-refractivity contribution in [3.05, 3.63) is 73.5 Å². The Hall–Kier alpha value is 0.163. The van der Waals surface area contributed by atoms with Crippen molar-refractivity contribution in [2.75, 3.05) is 0 Å². The fourth-order valence-corrected chi connectivity index (χ4v) is 6.74. The van der Waals surface area contributed by atoms with Crippen LogP contribution < -0.4 is 0 Å². The van der Waals surface area contributed by atoms with Gasteiger partial charge in [-0.05, 0) is 66.4 Å². The number of hydrogen-bond donors (Lipinski definition) is 0. The first-order valence-electron chi connectivity index (χ1n) is 10.5. The van der Waals surface area contributed by atoms with Crippen molar-refractivity contribution in [3.63, 3.8) is 0 Å². The second-order valence-electron chi connectivity index (χ2n) is 8.59. The van der Waals surface area contributed by atoms with Gasteiger partial charge in [-0.2, -0.15) is 12.3 Å². The van der Waals surface area contributed by atoms with Gasteiger partial charge in [0.2, 0.25) is 0 Å². The first kappa shape index (κ1) is 22.8. The van der Waals surface area contributed by atoms with Gasteiger partial charge in [-0.1, -0.05) is 61.4 Å². The second kappa shape index (κ2) is 10.5. The van der Waals surface area contributed by atoms with Crippen LogP contribution >= 0.6 is 17.0 Å². The molecule has 0 radical (unpaired) electrons. The number of halogens is 2. The molecule has 0 nitrogen and oxygen atoms in total. The standard InChI is InChI=1S/C24H29.CH3.2ClH.Zr/c1-5-13-21-18(8-1)15-16-23(21)24(20-11-3-4-12-20)17-7-10-19-9-2-6-14-22(19)24;;;;/h1-2,5-6,8-9,11,13-14,18,20-21,23H,3-4,7,10,12,15-17H2;1H3;2*1H;/q2*-1;;;+4/p-2/t18?,20?,21?,23?,24-;;;;/m1..../s1. The average Bonchev–Trinajstić information content (AvgIpc) is 3.39. The molecule has 0 N–H and O–H groups in total. The summed E-state index contributed by atoms with van der Waals surface area (Å²) in [6, 6.07) is 9.47. The Bertz CT molecular complexity index is 692. The normalized spacial score (nSPS) is 35.1. The maximum absolute atomic E-state index is 4.93. The molecule has 0 aromatic heterocycles. The molecule has 0 heterocycles. The first-order chi connectivity index (χ1) is 13.3. The fraction of sp³-hybridized carbons (Fsp3) is 0.520. The molecule has 0 saturated heterocycles. The number of rotatable bonds is 2. The average molecular weight is 495 g/mol. The van der Waals surface area contributed by atoms with Crippen LogP contribution in [-0.2, 0) is 32.7 Å². The number of hydrogen-bond acceptors (Lipinski definition) is 0.